The third-order valence-corrected chi connectivity index (χ3v) is 3.38. The summed E-state index contributed by atoms with van der Waals surface area (Å²) in [7, 11) is 0. The van der Waals surface area contributed by atoms with Crippen molar-refractivity contribution in [1.29, 1.82) is 0 Å². The van der Waals surface area contributed by atoms with Crippen LogP contribution in [0.3, 0.4) is 0 Å². The van der Waals surface area contributed by atoms with E-state index in [-0.39, 0.29) is 5.75 Å². The molecule has 0 spiro atoms. The molecular formula is C17H15F2N3O2. The molecule has 3 aromatic rings. The fourth-order valence-electron chi connectivity index (χ4n) is 2.24. The van der Waals surface area contributed by atoms with Crippen molar-refractivity contribution in [3.05, 3.63) is 59.7 Å². The highest BCUT2D eigenvalue weighted by Gasteiger charge is 2.10. The fraction of sp³-hybridized carbons (Fsp3) is 0.235. The van der Waals surface area contributed by atoms with E-state index in [9.17, 15) is 8.78 Å². The van der Waals surface area contributed by atoms with Gasteiger partial charge in [-0.25, -0.2) is 0 Å². The minimum Gasteiger partial charge on any atom is -0.435 e. The van der Waals surface area contributed by atoms with Gasteiger partial charge in [-0.1, -0.05) is 17.3 Å². The van der Waals surface area contributed by atoms with Gasteiger partial charge in [0.15, 0.2) is 5.82 Å². The minimum absolute atomic E-state index is 0.141. The molecule has 2 heterocycles. The SMILES string of the molecule is Cc1cncc(-c2nc(CCc3ccc(OC(F)F)cc3)no2)c1. The zero-order valence-corrected chi connectivity index (χ0v) is 12.9. The van der Waals surface area contributed by atoms with Crippen molar-refractivity contribution < 1.29 is 18.0 Å². The van der Waals surface area contributed by atoms with Gasteiger partial charge in [-0.05, 0) is 42.7 Å². The Bertz CT molecular complexity index is 804. The lowest BCUT2D eigenvalue weighted by Gasteiger charge is -2.05. The molecule has 1 aromatic carbocycles. The zero-order chi connectivity index (χ0) is 16.9. The molecule has 0 amide bonds. The van der Waals surface area contributed by atoms with Crippen LogP contribution in [0.15, 0.2) is 47.2 Å². The number of benzene rings is 1. The second kappa shape index (κ2) is 7.16. The molecular weight excluding hydrogens is 316 g/mol. The van der Waals surface area contributed by atoms with Gasteiger partial charge in [-0.15, -0.1) is 0 Å². The van der Waals surface area contributed by atoms with Gasteiger partial charge >= 0.3 is 6.61 Å². The molecule has 0 atom stereocenters. The average molecular weight is 331 g/mol. The van der Waals surface area contributed by atoms with Crippen molar-refractivity contribution >= 4 is 0 Å². The Morgan fingerprint density at radius 3 is 2.62 bits per heavy atom. The first-order chi connectivity index (χ1) is 11.6. The van der Waals surface area contributed by atoms with E-state index >= 15 is 0 Å². The normalized spacial score (nSPS) is 11.0. The maximum Gasteiger partial charge on any atom is 0.387 e. The number of pyridine rings is 1. The molecule has 2 aromatic heterocycles. The standard InChI is InChI=1S/C17H15F2N3O2/c1-11-8-13(10-20-9-11)16-21-15(22-24-16)7-4-12-2-5-14(6-3-12)23-17(18)19/h2-3,5-6,8-10,17H,4,7H2,1H3. The van der Waals surface area contributed by atoms with Crippen molar-refractivity contribution in [2.45, 2.75) is 26.4 Å². The molecule has 0 N–H and O–H groups in total. The third-order valence-electron chi connectivity index (χ3n) is 3.38. The molecule has 124 valence electrons. The molecule has 0 aliphatic rings. The molecule has 0 aliphatic carbocycles. The van der Waals surface area contributed by atoms with Crippen LogP contribution >= 0.6 is 0 Å². The van der Waals surface area contributed by atoms with E-state index < -0.39 is 6.61 Å². The Morgan fingerprint density at radius 1 is 1.12 bits per heavy atom. The summed E-state index contributed by atoms with van der Waals surface area (Å²) in [5.74, 6) is 1.16. The molecule has 0 aliphatic heterocycles. The van der Waals surface area contributed by atoms with E-state index in [4.69, 9.17) is 4.52 Å². The van der Waals surface area contributed by atoms with Gasteiger partial charge in [0.05, 0.1) is 5.56 Å². The molecule has 0 fully saturated rings. The predicted molar refractivity (Wildman–Crippen MR) is 82.7 cm³/mol. The highest BCUT2D eigenvalue weighted by Crippen LogP contribution is 2.18. The lowest BCUT2D eigenvalue weighted by Crippen LogP contribution is -2.01. The van der Waals surface area contributed by atoms with Crippen molar-refractivity contribution in [2.75, 3.05) is 0 Å². The van der Waals surface area contributed by atoms with Crippen LogP contribution in [0, 0.1) is 6.92 Å². The summed E-state index contributed by atoms with van der Waals surface area (Å²) >= 11 is 0. The van der Waals surface area contributed by atoms with E-state index in [0.717, 1.165) is 16.7 Å². The molecule has 0 bridgehead atoms. The van der Waals surface area contributed by atoms with Crippen LogP contribution in [0.2, 0.25) is 0 Å². The van der Waals surface area contributed by atoms with Gasteiger partial charge in [-0.3, -0.25) is 4.98 Å². The summed E-state index contributed by atoms with van der Waals surface area (Å²) in [6.45, 7) is -0.875. The van der Waals surface area contributed by atoms with Gasteiger partial charge in [0.25, 0.3) is 5.89 Å². The number of hydrogen-bond donors (Lipinski definition) is 0. The summed E-state index contributed by atoms with van der Waals surface area (Å²) in [6, 6.07) is 8.43. The van der Waals surface area contributed by atoms with Crippen molar-refractivity contribution in [1.82, 2.24) is 15.1 Å². The summed E-state index contributed by atoms with van der Waals surface area (Å²) in [6.07, 6.45) is 4.67. The molecule has 0 saturated carbocycles. The van der Waals surface area contributed by atoms with E-state index in [1.54, 1.807) is 24.5 Å². The first-order valence-electron chi connectivity index (χ1n) is 7.38. The van der Waals surface area contributed by atoms with Crippen LogP contribution in [0.4, 0.5) is 8.78 Å². The minimum atomic E-state index is -2.82. The van der Waals surface area contributed by atoms with Crippen molar-refractivity contribution in [3.8, 4) is 17.2 Å². The fourth-order valence-corrected chi connectivity index (χ4v) is 2.24. The number of nitrogens with zero attached hydrogens (tertiary/aromatic N) is 3. The van der Waals surface area contributed by atoms with Crippen LogP contribution in [-0.2, 0) is 12.8 Å². The van der Waals surface area contributed by atoms with Gasteiger partial charge in [0.2, 0.25) is 0 Å². The van der Waals surface area contributed by atoms with Gasteiger partial charge in [0.1, 0.15) is 5.75 Å². The predicted octanol–water partition coefficient (Wildman–Crippen LogP) is 3.83. The quantitative estimate of drug-likeness (QED) is 0.687. The van der Waals surface area contributed by atoms with Crippen LogP contribution in [0.1, 0.15) is 17.0 Å². The Labute approximate surface area is 137 Å². The smallest absolute Gasteiger partial charge is 0.387 e. The molecule has 0 saturated heterocycles. The number of ether oxygens (including phenoxy) is 1. The van der Waals surface area contributed by atoms with Gasteiger partial charge < -0.3 is 9.26 Å². The summed E-state index contributed by atoms with van der Waals surface area (Å²) < 4.78 is 33.8. The first kappa shape index (κ1) is 16.0. The molecule has 24 heavy (non-hydrogen) atoms. The van der Waals surface area contributed by atoms with E-state index in [1.807, 2.05) is 13.0 Å². The largest absolute Gasteiger partial charge is 0.435 e. The highest BCUT2D eigenvalue weighted by atomic mass is 19.3. The summed E-state index contributed by atoms with van der Waals surface area (Å²) in [5, 5.41) is 3.96. The maximum atomic E-state index is 12.1. The number of aromatic nitrogens is 3. The van der Waals surface area contributed by atoms with Crippen LogP contribution in [0.5, 0.6) is 5.75 Å². The zero-order valence-electron chi connectivity index (χ0n) is 12.9. The summed E-state index contributed by atoms with van der Waals surface area (Å²) in [4.78, 5) is 8.45. The molecule has 3 rings (SSSR count). The number of hydrogen-bond acceptors (Lipinski definition) is 5. The van der Waals surface area contributed by atoms with Crippen LogP contribution < -0.4 is 4.74 Å². The Balaban J connectivity index is 1.61. The monoisotopic (exact) mass is 331 g/mol. The lowest BCUT2D eigenvalue weighted by molar-refractivity contribution is -0.0498. The molecule has 0 radical (unpaired) electrons. The summed E-state index contributed by atoms with van der Waals surface area (Å²) in [5.41, 5.74) is 2.76. The molecule has 0 unspecified atom stereocenters. The Hall–Kier alpha value is -2.83. The van der Waals surface area contributed by atoms with E-state index in [2.05, 4.69) is 19.9 Å². The van der Waals surface area contributed by atoms with Crippen molar-refractivity contribution in [3.63, 3.8) is 0 Å². The second-order valence-electron chi connectivity index (χ2n) is 5.29. The Kier molecular flexibility index (Phi) is 4.79. The average Bonchev–Trinajstić information content (AvgIpc) is 3.03. The number of rotatable bonds is 6. The van der Waals surface area contributed by atoms with E-state index in [1.165, 1.54) is 12.1 Å². The lowest BCUT2D eigenvalue weighted by atomic mass is 10.1. The molecule has 7 heteroatoms. The second-order valence-corrected chi connectivity index (χ2v) is 5.29. The van der Waals surface area contributed by atoms with Crippen molar-refractivity contribution in [2.24, 2.45) is 0 Å². The third kappa shape index (κ3) is 4.13. The number of aryl methyl sites for hydroxylation is 3. The highest BCUT2D eigenvalue weighted by molar-refractivity contribution is 5.51. The number of alkyl halides is 2. The topological polar surface area (TPSA) is 61.0 Å². The maximum absolute atomic E-state index is 12.1. The van der Waals surface area contributed by atoms with E-state index in [0.29, 0.717) is 24.6 Å². The van der Waals surface area contributed by atoms with Crippen LogP contribution in [-0.4, -0.2) is 21.7 Å². The van der Waals surface area contributed by atoms with Gasteiger partial charge in [0, 0.05) is 18.8 Å². The van der Waals surface area contributed by atoms with Crippen LogP contribution in [0.25, 0.3) is 11.5 Å². The molecule has 5 nitrogen and oxygen atoms in total. The Morgan fingerprint density at radius 2 is 1.92 bits per heavy atom. The van der Waals surface area contributed by atoms with Gasteiger partial charge in [-0.2, -0.15) is 13.8 Å². The number of halogens is 2. The first-order valence-corrected chi connectivity index (χ1v) is 7.38.